The van der Waals surface area contributed by atoms with Crippen LogP contribution in [0.5, 0.6) is 0 Å². The highest BCUT2D eigenvalue weighted by Gasteiger charge is 2.24. The Morgan fingerprint density at radius 3 is 2.60 bits per heavy atom. The Bertz CT molecular complexity index is 418. The molecule has 1 aromatic rings. The number of nitrogens with one attached hydrogen (secondary N) is 1. The Kier molecular flexibility index (Phi) is 6.27. The molecule has 1 rings (SSSR count). The molecule has 0 aliphatic rings. The third kappa shape index (κ3) is 5.78. The summed E-state index contributed by atoms with van der Waals surface area (Å²) in [5.41, 5.74) is 7.01. The molecular formula is C16H29N3O. The Labute approximate surface area is 122 Å². The van der Waals surface area contributed by atoms with Crippen molar-refractivity contribution in [1.29, 1.82) is 0 Å². The van der Waals surface area contributed by atoms with Gasteiger partial charge in [-0.3, -0.25) is 4.79 Å². The number of nitrogens with two attached hydrogens (primary N) is 1. The van der Waals surface area contributed by atoms with Crippen molar-refractivity contribution in [3.63, 3.8) is 0 Å². The lowest BCUT2D eigenvalue weighted by atomic mass is 9.76. The molecule has 1 aromatic heterocycles. The zero-order chi connectivity index (χ0) is 15.2. The van der Waals surface area contributed by atoms with Gasteiger partial charge >= 0.3 is 0 Å². The smallest absolute Gasteiger partial charge is 0.220 e. The van der Waals surface area contributed by atoms with E-state index in [4.69, 9.17) is 5.73 Å². The average molecular weight is 279 g/mol. The van der Waals surface area contributed by atoms with Crippen LogP contribution in [-0.4, -0.2) is 17.0 Å². The van der Waals surface area contributed by atoms with Gasteiger partial charge in [0, 0.05) is 32.4 Å². The number of carbonyl (C=O) groups excluding carboxylic acids is 1. The molecule has 0 aliphatic carbocycles. The molecule has 114 valence electrons. The predicted octanol–water partition coefficient (Wildman–Crippen LogP) is 2.43. The van der Waals surface area contributed by atoms with Crippen molar-refractivity contribution in [2.75, 3.05) is 6.54 Å². The van der Waals surface area contributed by atoms with Crippen LogP contribution < -0.4 is 11.1 Å². The Hall–Kier alpha value is -1.29. The van der Waals surface area contributed by atoms with Gasteiger partial charge in [0.2, 0.25) is 5.91 Å². The highest BCUT2D eigenvalue weighted by Crippen LogP contribution is 2.31. The van der Waals surface area contributed by atoms with Gasteiger partial charge in [0.1, 0.15) is 0 Å². The third-order valence-corrected chi connectivity index (χ3v) is 3.84. The van der Waals surface area contributed by atoms with Crippen LogP contribution in [0.15, 0.2) is 18.5 Å². The van der Waals surface area contributed by atoms with Gasteiger partial charge in [0.15, 0.2) is 0 Å². The van der Waals surface area contributed by atoms with Gasteiger partial charge in [0.25, 0.3) is 0 Å². The first-order valence-electron chi connectivity index (χ1n) is 7.40. The van der Waals surface area contributed by atoms with E-state index in [1.807, 2.05) is 30.1 Å². The summed E-state index contributed by atoms with van der Waals surface area (Å²) < 4.78 is 1.98. The molecule has 1 atom stereocenters. The average Bonchev–Trinajstić information content (AvgIpc) is 2.76. The molecule has 0 saturated heterocycles. The Morgan fingerprint density at radius 2 is 2.10 bits per heavy atom. The van der Waals surface area contributed by atoms with Crippen molar-refractivity contribution in [1.82, 2.24) is 9.88 Å². The minimum atomic E-state index is 0.125. The predicted molar refractivity (Wildman–Crippen MR) is 83.1 cm³/mol. The summed E-state index contributed by atoms with van der Waals surface area (Å²) >= 11 is 0. The fourth-order valence-corrected chi connectivity index (χ4v) is 2.47. The van der Waals surface area contributed by atoms with Crippen LogP contribution in [0, 0.1) is 11.3 Å². The number of hydrogen-bond acceptors (Lipinski definition) is 2. The van der Waals surface area contributed by atoms with E-state index in [9.17, 15) is 4.79 Å². The second-order valence-electron chi connectivity index (χ2n) is 6.64. The molecule has 1 amide bonds. The highest BCUT2D eigenvalue weighted by atomic mass is 16.1. The van der Waals surface area contributed by atoms with Crippen LogP contribution in [0.25, 0.3) is 0 Å². The topological polar surface area (TPSA) is 60.0 Å². The maximum absolute atomic E-state index is 11.9. The molecule has 0 bridgehead atoms. The van der Waals surface area contributed by atoms with Crippen molar-refractivity contribution in [3.8, 4) is 0 Å². The van der Waals surface area contributed by atoms with Crippen LogP contribution >= 0.6 is 0 Å². The van der Waals surface area contributed by atoms with E-state index in [0.29, 0.717) is 25.4 Å². The monoisotopic (exact) mass is 279 g/mol. The van der Waals surface area contributed by atoms with E-state index < -0.39 is 0 Å². The first-order valence-corrected chi connectivity index (χ1v) is 7.40. The standard InChI is InChI=1S/C16H29N3O/c1-16(2,3)14(7-9-17)5-6-15(20)18-11-13-8-10-19(4)12-13/h8,10,12,14H,5-7,9,11,17H2,1-4H3,(H,18,20). The quantitative estimate of drug-likeness (QED) is 0.805. The number of rotatable bonds is 7. The zero-order valence-corrected chi connectivity index (χ0v) is 13.3. The highest BCUT2D eigenvalue weighted by molar-refractivity contribution is 5.75. The first kappa shape index (κ1) is 16.8. The van der Waals surface area contributed by atoms with Crippen LogP contribution in [0.2, 0.25) is 0 Å². The van der Waals surface area contributed by atoms with Gasteiger partial charge in [0.05, 0.1) is 0 Å². The van der Waals surface area contributed by atoms with Crippen molar-refractivity contribution >= 4 is 5.91 Å². The van der Waals surface area contributed by atoms with Gasteiger partial charge in [-0.05, 0) is 42.3 Å². The molecule has 4 nitrogen and oxygen atoms in total. The van der Waals surface area contributed by atoms with Gasteiger partial charge in [-0.1, -0.05) is 20.8 Å². The minimum Gasteiger partial charge on any atom is -0.357 e. The fourth-order valence-electron chi connectivity index (χ4n) is 2.47. The van der Waals surface area contributed by atoms with E-state index in [-0.39, 0.29) is 11.3 Å². The molecular weight excluding hydrogens is 250 g/mol. The molecule has 20 heavy (non-hydrogen) atoms. The second kappa shape index (κ2) is 7.48. The molecule has 0 fully saturated rings. The molecule has 0 aromatic carbocycles. The van der Waals surface area contributed by atoms with Gasteiger partial charge in [-0.25, -0.2) is 0 Å². The van der Waals surface area contributed by atoms with Crippen molar-refractivity contribution in [2.45, 2.75) is 46.6 Å². The van der Waals surface area contributed by atoms with Crippen molar-refractivity contribution in [2.24, 2.45) is 24.1 Å². The van der Waals surface area contributed by atoms with Crippen LogP contribution in [-0.2, 0) is 18.4 Å². The lowest BCUT2D eigenvalue weighted by Crippen LogP contribution is -2.27. The SMILES string of the molecule is Cn1ccc(CNC(=O)CCC(CCN)C(C)(C)C)c1. The maximum atomic E-state index is 11.9. The van der Waals surface area contributed by atoms with Gasteiger partial charge in [-0.2, -0.15) is 0 Å². The van der Waals surface area contributed by atoms with Crippen LogP contribution in [0.4, 0.5) is 0 Å². The lowest BCUT2D eigenvalue weighted by Gasteiger charge is -2.30. The Morgan fingerprint density at radius 1 is 1.40 bits per heavy atom. The molecule has 3 N–H and O–H groups in total. The first-order chi connectivity index (χ1) is 9.32. The third-order valence-electron chi connectivity index (χ3n) is 3.84. The zero-order valence-electron chi connectivity index (χ0n) is 13.3. The lowest BCUT2D eigenvalue weighted by molar-refractivity contribution is -0.121. The number of amides is 1. The van der Waals surface area contributed by atoms with E-state index >= 15 is 0 Å². The number of aryl methyl sites for hydroxylation is 1. The molecule has 0 radical (unpaired) electrons. The van der Waals surface area contributed by atoms with E-state index in [2.05, 4.69) is 26.1 Å². The summed E-state index contributed by atoms with van der Waals surface area (Å²) in [5.74, 6) is 0.620. The summed E-state index contributed by atoms with van der Waals surface area (Å²) in [5, 5.41) is 2.98. The molecule has 4 heteroatoms. The van der Waals surface area contributed by atoms with Crippen LogP contribution in [0.1, 0.15) is 45.6 Å². The number of hydrogen-bond donors (Lipinski definition) is 2. The Balaban J connectivity index is 2.34. The normalized spacial score (nSPS) is 13.2. The van der Waals surface area contributed by atoms with Crippen molar-refractivity contribution < 1.29 is 4.79 Å². The van der Waals surface area contributed by atoms with Crippen molar-refractivity contribution in [3.05, 3.63) is 24.0 Å². The molecule has 0 aliphatic heterocycles. The number of nitrogens with zero attached hydrogens (tertiary/aromatic N) is 1. The summed E-state index contributed by atoms with van der Waals surface area (Å²) in [6.07, 6.45) is 6.47. The summed E-state index contributed by atoms with van der Waals surface area (Å²) in [6, 6.07) is 2.02. The number of aromatic nitrogens is 1. The fraction of sp³-hybridized carbons (Fsp3) is 0.688. The molecule has 0 saturated carbocycles. The second-order valence-corrected chi connectivity index (χ2v) is 6.64. The molecule has 0 spiro atoms. The maximum Gasteiger partial charge on any atom is 0.220 e. The van der Waals surface area contributed by atoms with E-state index in [1.165, 1.54) is 0 Å². The summed E-state index contributed by atoms with van der Waals surface area (Å²) in [7, 11) is 1.98. The molecule has 1 heterocycles. The summed E-state index contributed by atoms with van der Waals surface area (Å²) in [4.78, 5) is 11.9. The van der Waals surface area contributed by atoms with E-state index in [1.54, 1.807) is 0 Å². The van der Waals surface area contributed by atoms with Gasteiger partial charge in [-0.15, -0.1) is 0 Å². The van der Waals surface area contributed by atoms with E-state index in [0.717, 1.165) is 18.4 Å². The largest absolute Gasteiger partial charge is 0.357 e. The van der Waals surface area contributed by atoms with Crippen LogP contribution in [0.3, 0.4) is 0 Å². The molecule has 1 unspecified atom stereocenters. The minimum absolute atomic E-state index is 0.125. The van der Waals surface area contributed by atoms with Gasteiger partial charge < -0.3 is 15.6 Å². The number of carbonyl (C=O) groups is 1. The summed E-state index contributed by atoms with van der Waals surface area (Å²) in [6.45, 7) is 7.95.